The number of nitrogens with two attached hydrogens (primary N) is 1. The predicted octanol–water partition coefficient (Wildman–Crippen LogP) is 3.44. The van der Waals surface area contributed by atoms with Crippen LogP contribution in [0, 0.1) is 5.92 Å². The summed E-state index contributed by atoms with van der Waals surface area (Å²) in [5.74, 6) is 1.94. The molecule has 2 heterocycles. The first-order valence-electron chi connectivity index (χ1n) is 6.36. The van der Waals surface area contributed by atoms with Crippen LogP contribution in [0.1, 0.15) is 32.6 Å². The van der Waals surface area contributed by atoms with Crippen LogP contribution in [0.4, 0.5) is 11.5 Å². The van der Waals surface area contributed by atoms with Gasteiger partial charge in [-0.3, -0.25) is 0 Å². The molecule has 1 aromatic rings. The van der Waals surface area contributed by atoms with Gasteiger partial charge in [0.05, 0.1) is 16.4 Å². The van der Waals surface area contributed by atoms with Crippen molar-refractivity contribution in [2.45, 2.75) is 32.6 Å². The van der Waals surface area contributed by atoms with E-state index in [9.17, 15) is 0 Å². The van der Waals surface area contributed by atoms with Crippen LogP contribution in [0.3, 0.4) is 0 Å². The molecule has 1 aliphatic rings. The third kappa shape index (κ3) is 3.12. The fourth-order valence-corrected chi connectivity index (χ4v) is 3.14. The molecule has 0 bridgehead atoms. The number of aromatic nitrogens is 1. The topological polar surface area (TPSA) is 42.2 Å². The summed E-state index contributed by atoms with van der Waals surface area (Å²) < 4.78 is 1.01. The zero-order chi connectivity index (χ0) is 12.3. The number of nitrogen functional groups attached to an aromatic ring is 1. The van der Waals surface area contributed by atoms with E-state index in [1.165, 1.54) is 25.7 Å². The Morgan fingerprint density at radius 1 is 1.47 bits per heavy atom. The predicted molar refractivity (Wildman–Crippen MR) is 76.2 cm³/mol. The molecule has 0 aromatic carbocycles. The van der Waals surface area contributed by atoms with Crippen molar-refractivity contribution in [2.75, 3.05) is 23.7 Å². The average Bonchev–Trinajstić information content (AvgIpc) is 2.31. The van der Waals surface area contributed by atoms with Gasteiger partial charge >= 0.3 is 0 Å². The van der Waals surface area contributed by atoms with Crippen LogP contribution < -0.4 is 10.6 Å². The lowest BCUT2D eigenvalue weighted by Gasteiger charge is -2.33. The molecule has 2 rings (SSSR count). The lowest BCUT2D eigenvalue weighted by Crippen LogP contribution is -2.34. The molecule has 0 aliphatic carbocycles. The fraction of sp³-hybridized carbons (Fsp3) is 0.615. The lowest BCUT2D eigenvalue weighted by molar-refractivity contribution is 0.377. The van der Waals surface area contributed by atoms with E-state index in [1.54, 1.807) is 6.20 Å². The van der Waals surface area contributed by atoms with E-state index in [-0.39, 0.29) is 0 Å². The van der Waals surface area contributed by atoms with Gasteiger partial charge in [-0.2, -0.15) is 0 Å². The quantitative estimate of drug-likeness (QED) is 0.929. The second-order valence-electron chi connectivity index (χ2n) is 4.79. The van der Waals surface area contributed by atoms with E-state index in [2.05, 4.69) is 32.7 Å². The SMILES string of the molecule is CCCC1CCN(c2ncc(N)cc2Br)CC1. The van der Waals surface area contributed by atoms with Crippen LogP contribution in [0.5, 0.6) is 0 Å². The van der Waals surface area contributed by atoms with E-state index in [4.69, 9.17) is 5.73 Å². The molecular formula is C13H20BrN3. The maximum Gasteiger partial charge on any atom is 0.143 e. The molecule has 2 N–H and O–H groups in total. The second kappa shape index (κ2) is 5.71. The normalized spacial score (nSPS) is 17.4. The average molecular weight is 298 g/mol. The Hall–Kier alpha value is -0.770. The summed E-state index contributed by atoms with van der Waals surface area (Å²) in [7, 11) is 0. The minimum atomic E-state index is 0.710. The molecule has 4 heteroatoms. The molecule has 0 radical (unpaired) electrons. The van der Waals surface area contributed by atoms with Gasteiger partial charge in [0.1, 0.15) is 5.82 Å². The van der Waals surface area contributed by atoms with Crippen LogP contribution in [0.2, 0.25) is 0 Å². The molecule has 1 saturated heterocycles. The summed E-state index contributed by atoms with van der Waals surface area (Å²) in [6.07, 6.45) is 6.97. The van der Waals surface area contributed by atoms with Crippen LogP contribution in [0.15, 0.2) is 16.7 Å². The summed E-state index contributed by atoms with van der Waals surface area (Å²) in [6.45, 7) is 4.49. The highest BCUT2D eigenvalue weighted by molar-refractivity contribution is 9.10. The Labute approximate surface area is 112 Å². The molecule has 1 fully saturated rings. The van der Waals surface area contributed by atoms with Crippen molar-refractivity contribution in [3.8, 4) is 0 Å². The Bertz CT molecular complexity index is 373. The van der Waals surface area contributed by atoms with Gasteiger partial charge in [-0.1, -0.05) is 19.8 Å². The number of pyridine rings is 1. The van der Waals surface area contributed by atoms with Gasteiger partial charge in [0, 0.05) is 13.1 Å². The van der Waals surface area contributed by atoms with Gasteiger partial charge < -0.3 is 10.6 Å². The highest BCUT2D eigenvalue weighted by Gasteiger charge is 2.20. The molecule has 0 amide bonds. The fourth-order valence-electron chi connectivity index (χ4n) is 2.52. The number of anilines is 2. The van der Waals surface area contributed by atoms with Crippen molar-refractivity contribution in [3.05, 3.63) is 16.7 Å². The van der Waals surface area contributed by atoms with Crippen molar-refractivity contribution in [1.82, 2.24) is 4.98 Å². The Kier molecular flexibility index (Phi) is 4.26. The van der Waals surface area contributed by atoms with Gasteiger partial charge in [0.2, 0.25) is 0 Å². The third-order valence-corrected chi connectivity index (χ3v) is 4.04. The first-order chi connectivity index (χ1) is 8.20. The van der Waals surface area contributed by atoms with E-state index in [0.717, 1.165) is 29.3 Å². The monoisotopic (exact) mass is 297 g/mol. The van der Waals surface area contributed by atoms with Gasteiger partial charge in [0.25, 0.3) is 0 Å². The minimum Gasteiger partial charge on any atom is -0.397 e. The van der Waals surface area contributed by atoms with E-state index < -0.39 is 0 Å². The van der Waals surface area contributed by atoms with Gasteiger partial charge in [-0.15, -0.1) is 0 Å². The lowest BCUT2D eigenvalue weighted by atomic mass is 9.92. The largest absolute Gasteiger partial charge is 0.397 e. The van der Waals surface area contributed by atoms with Crippen LogP contribution in [-0.2, 0) is 0 Å². The molecule has 17 heavy (non-hydrogen) atoms. The number of rotatable bonds is 3. The van der Waals surface area contributed by atoms with Crippen molar-refractivity contribution in [3.63, 3.8) is 0 Å². The molecule has 0 spiro atoms. The van der Waals surface area contributed by atoms with Crippen LogP contribution in [0.25, 0.3) is 0 Å². The molecule has 1 aliphatic heterocycles. The molecular weight excluding hydrogens is 278 g/mol. The third-order valence-electron chi connectivity index (χ3n) is 3.45. The Balaban J connectivity index is 2.00. The van der Waals surface area contributed by atoms with Crippen LogP contribution >= 0.6 is 15.9 Å². The number of hydrogen-bond acceptors (Lipinski definition) is 3. The summed E-state index contributed by atoms with van der Waals surface area (Å²) >= 11 is 3.54. The molecule has 0 saturated carbocycles. The highest BCUT2D eigenvalue weighted by atomic mass is 79.9. The Morgan fingerprint density at radius 2 is 2.18 bits per heavy atom. The zero-order valence-electron chi connectivity index (χ0n) is 10.3. The second-order valence-corrected chi connectivity index (χ2v) is 5.65. The molecule has 1 aromatic heterocycles. The number of halogens is 1. The number of piperidine rings is 1. The standard InChI is InChI=1S/C13H20BrN3/c1-2-3-10-4-6-17(7-5-10)13-12(14)8-11(15)9-16-13/h8-10H,2-7,15H2,1H3. The van der Waals surface area contributed by atoms with E-state index in [0.29, 0.717) is 5.69 Å². The van der Waals surface area contributed by atoms with Crippen molar-refractivity contribution in [1.29, 1.82) is 0 Å². The zero-order valence-corrected chi connectivity index (χ0v) is 11.9. The first-order valence-corrected chi connectivity index (χ1v) is 7.16. The molecule has 94 valence electrons. The highest BCUT2D eigenvalue weighted by Crippen LogP contribution is 2.30. The summed E-state index contributed by atoms with van der Waals surface area (Å²) in [6, 6.07) is 1.93. The van der Waals surface area contributed by atoms with E-state index >= 15 is 0 Å². The van der Waals surface area contributed by atoms with Gasteiger partial charge in [-0.25, -0.2) is 4.98 Å². The van der Waals surface area contributed by atoms with Gasteiger partial charge in [-0.05, 0) is 40.8 Å². The van der Waals surface area contributed by atoms with Crippen molar-refractivity contribution >= 4 is 27.4 Å². The van der Waals surface area contributed by atoms with Crippen molar-refractivity contribution in [2.24, 2.45) is 5.92 Å². The summed E-state index contributed by atoms with van der Waals surface area (Å²) in [4.78, 5) is 6.78. The summed E-state index contributed by atoms with van der Waals surface area (Å²) in [5, 5.41) is 0. The van der Waals surface area contributed by atoms with Crippen LogP contribution in [-0.4, -0.2) is 18.1 Å². The maximum absolute atomic E-state index is 5.71. The maximum atomic E-state index is 5.71. The number of nitrogens with zero attached hydrogens (tertiary/aromatic N) is 2. The molecule has 3 nitrogen and oxygen atoms in total. The van der Waals surface area contributed by atoms with Crippen molar-refractivity contribution < 1.29 is 0 Å². The minimum absolute atomic E-state index is 0.710. The smallest absolute Gasteiger partial charge is 0.143 e. The molecule has 0 atom stereocenters. The first kappa shape index (κ1) is 12.7. The van der Waals surface area contributed by atoms with E-state index in [1.807, 2.05) is 6.07 Å². The summed E-state index contributed by atoms with van der Waals surface area (Å²) in [5.41, 5.74) is 6.42. The van der Waals surface area contributed by atoms with Gasteiger partial charge in [0.15, 0.2) is 0 Å². The molecule has 0 unspecified atom stereocenters. The number of hydrogen-bond donors (Lipinski definition) is 1. The Morgan fingerprint density at radius 3 is 2.76 bits per heavy atom.